The number of rotatable bonds is 3. The van der Waals surface area contributed by atoms with Crippen molar-refractivity contribution in [3.8, 4) is 28.3 Å². The third kappa shape index (κ3) is 5.39. The second kappa shape index (κ2) is 12.9. The van der Waals surface area contributed by atoms with Gasteiger partial charge in [-0.15, -0.1) is 59.7 Å². The van der Waals surface area contributed by atoms with Crippen LogP contribution in [0.5, 0.6) is 0 Å². The van der Waals surface area contributed by atoms with Gasteiger partial charge in [-0.3, -0.25) is 4.98 Å². The fraction of sp³-hybridized carbons (Fsp3) is 0. The number of imidazole rings is 1. The molecule has 3 nitrogen and oxygen atoms in total. The van der Waals surface area contributed by atoms with Crippen LogP contribution in [0.15, 0.2) is 164 Å². The van der Waals surface area contributed by atoms with Crippen LogP contribution in [0.25, 0.3) is 71.7 Å². The maximum atomic E-state index is 5.04. The van der Waals surface area contributed by atoms with Gasteiger partial charge in [-0.05, 0) is 52.2 Å². The monoisotopic (exact) mass is 766 g/mol. The first-order valence-electron chi connectivity index (χ1n) is 15.0. The molecule has 46 heavy (non-hydrogen) atoms. The molecule has 0 aliphatic rings. The molecule has 7 aromatic carbocycles. The molecule has 0 aliphatic heterocycles. The van der Waals surface area contributed by atoms with Gasteiger partial charge in [-0.2, -0.15) is 0 Å². The van der Waals surface area contributed by atoms with Gasteiger partial charge in [0.2, 0.25) is 0 Å². The van der Waals surface area contributed by atoms with Crippen LogP contribution in [0.2, 0.25) is 0 Å². The van der Waals surface area contributed by atoms with Gasteiger partial charge in [-0.1, -0.05) is 107 Å². The van der Waals surface area contributed by atoms with Crippen LogP contribution < -0.4 is 0 Å². The van der Waals surface area contributed by atoms with Gasteiger partial charge in [-0.25, -0.2) is 0 Å². The van der Waals surface area contributed by atoms with Crippen LogP contribution in [-0.4, -0.2) is 14.5 Å². The molecular weight excluding hydrogens is 739 g/mol. The summed E-state index contributed by atoms with van der Waals surface area (Å²) in [6.07, 6.45) is 1.79. The summed E-state index contributed by atoms with van der Waals surface area (Å²) in [4.78, 5) is 9.26. The van der Waals surface area contributed by atoms with Crippen molar-refractivity contribution < 1.29 is 20.1 Å². The second-order valence-corrected chi connectivity index (χ2v) is 10.9. The molecule has 0 amide bonds. The van der Waals surface area contributed by atoms with E-state index in [1.54, 1.807) is 6.20 Å². The maximum Gasteiger partial charge on any atom is 0.0774 e. The summed E-state index contributed by atoms with van der Waals surface area (Å²) >= 11 is 0. The Morgan fingerprint density at radius 1 is 0.500 bits per heavy atom. The maximum absolute atomic E-state index is 5.04. The van der Waals surface area contributed by atoms with E-state index in [0.717, 1.165) is 39.4 Å². The molecule has 2 heterocycles. The Hall–Kier alpha value is -5.41. The van der Waals surface area contributed by atoms with Crippen LogP contribution in [0.3, 0.4) is 0 Å². The van der Waals surface area contributed by atoms with Crippen molar-refractivity contribution in [3.05, 3.63) is 176 Å². The number of aromatic nitrogens is 3. The van der Waals surface area contributed by atoms with Crippen LogP contribution in [0.4, 0.5) is 0 Å². The molecule has 4 heteroatoms. The number of pyridine rings is 1. The molecule has 221 valence electrons. The summed E-state index contributed by atoms with van der Waals surface area (Å²) in [6.45, 7) is 0. The number of hydrogen-bond acceptors (Lipinski definition) is 2. The zero-order valence-corrected chi connectivity index (χ0v) is 27.2. The summed E-state index contributed by atoms with van der Waals surface area (Å²) in [5.74, 6) is 0.904. The fourth-order valence-electron chi connectivity index (χ4n) is 6.09. The molecule has 0 atom stereocenters. The van der Waals surface area contributed by atoms with Crippen molar-refractivity contribution in [2.75, 3.05) is 0 Å². The molecule has 0 spiro atoms. The smallest absolute Gasteiger partial charge is 0.0774 e. The number of fused-ring (bicyclic) bond motifs is 7. The van der Waals surface area contributed by atoms with E-state index in [1.807, 2.05) is 54.6 Å². The van der Waals surface area contributed by atoms with E-state index in [-0.39, 0.29) is 20.1 Å². The molecule has 0 unspecified atom stereocenters. The van der Waals surface area contributed by atoms with E-state index in [1.165, 1.54) is 32.3 Å². The fourth-order valence-corrected chi connectivity index (χ4v) is 6.09. The predicted molar refractivity (Wildman–Crippen MR) is 186 cm³/mol. The van der Waals surface area contributed by atoms with Gasteiger partial charge in [0.1, 0.15) is 0 Å². The minimum absolute atomic E-state index is 0. The summed E-state index contributed by atoms with van der Waals surface area (Å²) in [5, 5.41) is 7.50. The van der Waals surface area contributed by atoms with Crippen LogP contribution in [0.1, 0.15) is 0 Å². The third-order valence-electron chi connectivity index (χ3n) is 8.14. The van der Waals surface area contributed by atoms with Crippen molar-refractivity contribution in [2.45, 2.75) is 0 Å². The van der Waals surface area contributed by atoms with Crippen molar-refractivity contribution >= 4 is 43.4 Å². The van der Waals surface area contributed by atoms with Crippen LogP contribution >= 0.6 is 0 Å². The average molecular weight is 766 g/mol. The van der Waals surface area contributed by atoms with Crippen LogP contribution in [0, 0.1) is 12.1 Å². The Bertz CT molecular complexity index is 2350. The largest absolute Gasteiger partial charge is 0.333 e. The molecule has 0 saturated carbocycles. The minimum Gasteiger partial charge on any atom is -0.333 e. The quantitative estimate of drug-likeness (QED) is 0.132. The zero-order valence-electron chi connectivity index (χ0n) is 24.8. The summed E-state index contributed by atoms with van der Waals surface area (Å²) in [5.41, 5.74) is 6.17. The summed E-state index contributed by atoms with van der Waals surface area (Å²) < 4.78 is 2.23. The molecular formula is C42H27IrN3-2. The Kier molecular flexibility index (Phi) is 8.22. The van der Waals surface area contributed by atoms with E-state index in [2.05, 4.69) is 125 Å². The van der Waals surface area contributed by atoms with Gasteiger partial charge < -0.3 is 9.55 Å². The Balaban J connectivity index is 0.000000220. The van der Waals surface area contributed by atoms with E-state index in [4.69, 9.17) is 4.98 Å². The van der Waals surface area contributed by atoms with Gasteiger partial charge in [0, 0.05) is 32.0 Å². The standard InChI is InChI=1S/C31H19N2.C11H8N.Ir/c1-2-10-22(11-3-1)33-30-17-9-8-16-29(30)32-31(33)21-18-19-27-25-14-5-4-12-23(25)24-13-6-7-15-26(24)28(27)20-21;1-2-6-10(7-3-1)11-8-4-5-9-12-11;/h1-17,19-20H;1-6,8-9H;/q2*-1;. The molecule has 0 fully saturated rings. The molecule has 2 aromatic heterocycles. The number of hydrogen-bond donors (Lipinski definition) is 0. The van der Waals surface area contributed by atoms with Crippen LogP contribution in [-0.2, 0) is 20.1 Å². The van der Waals surface area contributed by atoms with Gasteiger partial charge in [0.05, 0.1) is 16.9 Å². The van der Waals surface area contributed by atoms with E-state index in [0.29, 0.717) is 0 Å². The normalized spacial score (nSPS) is 10.9. The predicted octanol–water partition coefficient (Wildman–Crippen LogP) is 10.5. The third-order valence-corrected chi connectivity index (χ3v) is 8.14. The first-order chi connectivity index (χ1) is 22.3. The molecule has 0 N–H and O–H groups in total. The molecule has 1 radical (unpaired) electrons. The first-order valence-corrected chi connectivity index (χ1v) is 15.0. The summed E-state index contributed by atoms with van der Waals surface area (Å²) in [7, 11) is 0. The Morgan fingerprint density at radius 2 is 1.13 bits per heavy atom. The van der Waals surface area contributed by atoms with E-state index in [9.17, 15) is 0 Å². The SMILES string of the molecule is [Ir].[c-]1cc2c3ccccc3c3ccccc3c2cc1-c1nc2ccccc2n1-c1ccccc1.[c-]1ccccc1-c1ccccn1. The first kappa shape index (κ1) is 29.3. The number of benzene rings is 7. The average Bonchev–Trinajstić information content (AvgIpc) is 3.53. The second-order valence-electron chi connectivity index (χ2n) is 10.9. The number of nitrogens with zero attached hydrogens (tertiary/aromatic N) is 3. The molecule has 0 saturated heterocycles. The molecule has 0 bridgehead atoms. The zero-order chi connectivity index (χ0) is 30.0. The number of para-hydroxylation sites is 3. The van der Waals surface area contributed by atoms with Gasteiger partial charge >= 0.3 is 0 Å². The topological polar surface area (TPSA) is 30.7 Å². The minimum atomic E-state index is 0. The van der Waals surface area contributed by atoms with Gasteiger partial charge in [0.15, 0.2) is 0 Å². The Morgan fingerprint density at radius 3 is 1.83 bits per heavy atom. The van der Waals surface area contributed by atoms with E-state index < -0.39 is 0 Å². The van der Waals surface area contributed by atoms with Gasteiger partial charge in [0.25, 0.3) is 0 Å². The van der Waals surface area contributed by atoms with E-state index >= 15 is 0 Å². The molecule has 9 rings (SSSR count). The Labute approximate surface area is 281 Å². The van der Waals surface area contributed by atoms with Crippen molar-refractivity contribution in [1.82, 2.24) is 14.5 Å². The van der Waals surface area contributed by atoms with Crippen molar-refractivity contribution in [1.29, 1.82) is 0 Å². The molecule has 0 aliphatic carbocycles. The summed E-state index contributed by atoms with van der Waals surface area (Å²) in [6, 6.07) is 60.8. The molecule has 9 aromatic rings. The van der Waals surface area contributed by atoms with Crippen molar-refractivity contribution in [3.63, 3.8) is 0 Å². The van der Waals surface area contributed by atoms with Crippen molar-refractivity contribution in [2.24, 2.45) is 0 Å².